The average Bonchev–Trinajstić information content (AvgIpc) is 2.69. The van der Waals surface area contributed by atoms with Gasteiger partial charge in [-0.05, 0) is 13.3 Å². The van der Waals surface area contributed by atoms with Gasteiger partial charge < -0.3 is 4.74 Å². The highest BCUT2D eigenvalue weighted by atomic mass is 19.1. The molecule has 1 aromatic heterocycles. The quantitative estimate of drug-likeness (QED) is 0.613. The number of ether oxygens (including phenoxy) is 1. The van der Waals surface area contributed by atoms with Crippen LogP contribution in [0, 0.1) is 17.0 Å². The molecule has 0 aromatic carbocycles. The minimum atomic E-state index is -1.07. The van der Waals surface area contributed by atoms with Crippen LogP contribution in [0.5, 0.6) is 0 Å². The second-order valence-electron chi connectivity index (χ2n) is 5.38. The Bertz CT molecular complexity index is 517. The summed E-state index contributed by atoms with van der Waals surface area (Å²) in [7, 11) is 0. The predicted octanol–water partition coefficient (Wildman–Crippen LogP) is 1.08. The number of rotatable bonds is 3. The Morgan fingerprint density at radius 3 is 2.80 bits per heavy atom. The molecular formula is C12H17FN4O3. The number of aromatic nitrogens is 2. The number of alkyl halides is 1. The molecular weight excluding hydrogens is 267 g/mol. The van der Waals surface area contributed by atoms with Crippen molar-refractivity contribution in [3.05, 3.63) is 22.0 Å². The lowest BCUT2D eigenvalue weighted by Gasteiger charge is -2.42. The molecule has 8 heteroatoms. The van der Waals surface area contributed by atoms with Crippen LogP contribution in [0.25, 0.3) is 0 Å². The largest absolute Gasteiger partial charge is 0.378 e. The van der Waals surface area contributed by atoms with Crippen LogP contribution in [0.1, 0.15) is 18.2 Å². The summed E-state index contributed by atoms with van der Waals surface area (Å²) >= 11 is 0. The van der Waals surface area contributed by atoms with Crippen molar-refractivity contribution in [1.29, 1.82) is 0 Å². The van der Waals surface area contributed by atoms with Crippen molar-refractivity contribution < 1.29 is 14.1 Å². The van der Waals surface area contributed by atoms with Crippen molar-refractivity contribution in [2.24, 2.45) is 0 Å². The molecule has 0 spiro atoms. The van der Waals surface area contributed by atoms with Crippen molar-refractivity contribution in [1.82, 2.24) is 14.7 Å². The molecule has 0 saturated carbocycles. The van der Waals surface area contributed by atoms with Crippen LogP contribution in [0.3, 0.4) is 0 Å². The van der Waals surface area contributed by atoms with Crippen molar-refractivity contribution >= 4 is 5.69 Å². The Kier molecular flexibility index (Phi) is 3.43. The number of likely N-dealkylation sites (tertiary alicyclic amines) is 1. The molecule has 2 aliphatic rings. The fourth-order valence-electron chi connectivity index (χ4n) is 2.89. The van der Waals surface area contributed by atoms with Gasteiger partial charge in [0.05, 0.1) is 30.2 Å². The van der Waals surface area contributed by atoms with Gasteiger partial charge in [0.25, 0.3) is 0 Å². The summed E-state index contributed by atoms with van der Waals surface area (Å²) in [5, 5.41) is 14.8. The normalized spacial score (nSPS) is 28.3. The minimum Gasteiger partial charge on any atom is -0.378 e. The van der Waals surface area contributed by atoms with E-state index in [2.05, 4.69) is 10.00 Å². The first-order valence-corrected chi connectivity index (χ1v) is 6.72. The molecule has 0 bridgehead atoms. The van der Waals surface area contributed by atoms with Crippen LogP contribution in [0.15, 0.2) is 6.20 Å². The maximum Gasteiger partial charge on any atom is 0.309 e. The van der Waals surface area contributed by atoms with E-state index >= 15 is 0 Å². The maximum absolute atomic E-state index is 14.4. The standard InChI is InChI=1S/C12H17FN4O3/c1-8-12(17(18)19)4-14-16(8)11-2-3-15(5-10(11)13)9-6-20-7-9/h4,9-11H,2-3,5-7H2,1H3/t10?,11-/m1/s1. The second kappa shape index (κ2) is 5.10. The smallest absolute Gasteiger partial charge is 0.309 e. The molecule has 2 saturated heterocycles. The maximum atomic E-state index is 14.4. The second-order valence-corrected chi connectivity index (χ2v) is 5.38. The summed E-state index contributed by atoms with van der Waals surface area (Å²) in [5.74, 6) is 0. The van der Waals surface area contributed by atoms with Gasteiger partial charge in [-0.3, -0.25) is 19.7 Å². The highest BCUT2D eigenvalue weighted by Gasteiger charge is 2.37. The molecule has 20 heavy (non-hydrogen) atoms. The number of halogens is 1. The van der Waals surface area contributed by atoms with E-state index in [-0.39, 0.29) is 5.69 Å². The first-order valence-electron chi connectivity index (χ1n) is 6.72. The lowest BCUT2D eigenvalue weighted by molar-refractivity contribution is -0.385. The molecule has 7 nitrogen and oxygen atoms in total. The summed E-state index contributed by atoms with van der Waals surface area (Å²) in [6.45, 7) is 4.06. The Morgan fingerprint density at radius 1 is 1.55 bits per heavy atom. The molecule has 3 rings (SSSR count). The number of hydrogen-bond donors (Lipinski definition) is 0. The topological polar surface area (TPSA) is 73.4 Å². The summed E-state index contributed by atoms with van der Waals surface area (Å²) in [4.78, 5) is 12.4. The zero-order valence-electron chi connectivity index (χ0n) is 11.2. The molecule has 1 unspecified atom stereocenters. The summed E-state index contributed by atoms with van der Waals surface area (Å²) in [5.41, 5.74) is 0.370. The van der Waals surface area contributed by atoms with E-state index in [0.29, 0.717) is 37.9 Å². The Morgan fingerprint density at radius 2 is 2.30 bits per heavy atom. The van der Waals surface area contributed by atoms with Gasteiger partial charge in [-0.1, -0.05) is 0 Å². The predicted molar refractivity (Wildman–Crippen MR) is 68.3 cm³/mol. The third-order valence-electron chi connectivity index (χ3n) is 4.20. The fourth-order valence-corrected chi connectivity index (χ4v) is 2.89. The van der Waals surface area contributed by atoms with E-state index in [9.17, 15) is 14.5 Å². The lowest BCUT2D eigenvalue weighted by Crippen LogP contribution is -2.55. The molecule has 1 aromatic rings. The van der Waals surface area contributed by atoms with Gasteiger partial charge in [0.2, 0.25) is 0 Å². The van der Waals surface area contributed by atoms with E-state index in [1.807, 2.05) is 0 Å². The zero-order valence-corrected chi connectivity index (χ0v) is 11.2. The van der Waals surface area contributed by atoms with Crippen molar-refractivity contribution in [2.75, 3.05) is 26.3 Å². The molecule has 0 aliphatic carbocycles. The number of nitro groups is 1. The van der Waals surface area contributed by atoms with Gasteiger partial charge in [0, 0.05) is 13.1 Å². The molecule has 2 aliphatic heterocycles. The third kappa shape index (κ3) is 2.18. The van der Waals surface area contributed by atoms with Crippen molar-refractivity contribution in [3.63, 3.8) is 0 Å². The Balaban J connectivity index is 1.73. The molecule has 0 N–H and O–H groups in total. The fraction of sp³-hybridized carbons (Fsp3) is 0.750. The van der Waals surface area contributed by atoms with Crippen LogP contribution < -0.4 is 0 Å². The SMILES string of the molecule is Cc1c([N+](=O)[O-])cnn1[C@@H]1CCN(C2COC2)CC1F. The summed E-state index contributed by atoms with van der Waals surface area (Å²) in [6.07, 6.45) is 0.744. The number of piperidine rings is 1. The average molecular weight is 284 g/mol. The summed E-state index contributed by atoms with van der Waals surface area (Å²) < 4.78 is 21.0. The number of nitrogens with zero attached hydrogens (tertiary/aromatic N) is 4. The monoisotopic (exact) mass is 284 g/mol. The Hall–Kier alpha value is -1.54. The first-order chi connectivity index (χ1) is 9.58. The molecule has 0 radical (unpaired) electrons. The van der Waals surface area contributed by atoms with E-state index in [0.717, 1.165) is 6.54 Å². The van der Waals surface area contributed by atoms with Gasteiger partial charge in [-0.2, -0.15) is 5.10 Å². The van der Waals surface area contributed by atoms with Gasteiger partial charge in [-0.25, -0.2) is 4.39 Å². The highest BCUT2D eigenvalue weighted by Crippen LogP contribution is 2.30. The van der Waals surface area contributed by atoms with Crippen LogP contribution in [0.4, 0.5) is 10.1 Å². The van der Waals surface area contributed by atoms with Crippen LogP contribution in [-0.4, -0.2) is 58.1 Å². The van der Waals surface area contributed by atoms with E-state index in [1.54, 1.807) is 6.92 Å². The van der Waals surface area contributed by atoms with Gasteiger partial charge >= 0.3 is 5.69 Å². The Labute approximate surface area is 115 Å². The van der Waals surface area contributed by atoms with E-state index in [1.165, 1.54) is 10.9 Å². The number of hydrogen-bond acceptors (Lipinski definition) is 5. The van der Waals surface area contributed by atoms with Crippen LogP contribution in [0.2, 0.25) is 0 Å². The summed E-state index contributed by atoms with van der Waals surface area (Å²) in [6, 6.07) is -0.0943. The van der Waals surface area contributed by atoms with Crippen molar-refractivity contribution in [3.8, 4) is 0 Å². The minimum absolute atomic E-state index is 0.0491. The van der Waals surface area contributed by atoms with Gasteiger partial charge in [0.15, 0.2) is 0 Å². The molecule has 2 atom stereocenters. The van der Waals surface area contributed by atoms with Crippen molar-refractivity contribution in [2.45, 2.75) is 31.6 Å². The molecule has 110 valence electrons. The highest BCUT2D eigenvalue weighted by molar-refractivity contribution is 5.32. The van der Waals surface area contributed by atoms with Gasteiger partial charge in [0.1, 0.15) is 18.1 Å². The first kappa shape index (κ1) is 13.4. The zero-order chi connectivity index (χ0) is 14.3. The van der Waals surface area contributed by atoms with E-state index in [4.69, 9.17) is 4.74 Å². The van der Waals surface area contributed by atoms with Gasteiger partial charge in [-0.15, -0.1) is 0 Å². The van der Waals surface area contributed by atoms with Crippen LogP contribution >= 0.6 is 0 Å². The lowest BCUT2D eigenvalue weighted by atomic mass is 10.0. The molecule has 3 heterocycles. The molecule has 2 fully saturated rings. The van der Waals surface area contributed by atoms with Crippen LogP contribution in [-0.2, 0) is 4.74 Å². The molecule has 0 amide bonds. The van der Waals surface area contributed by atoms with E-state index < -0.39 is 17.1 Å². The third-order valence-corrected chi connectivity index (χ3v) is 4.20.